The number of hydrogen-bond acceptors (Lipinski definition) is 2. The Balaban J connectivity index is 1.97. The van der Waals surface area contributed by atoms with Crippen molar-refractivity contribution in [1.29, 1.82) is 0 Å². The minimum Gasteiger partial charge on any atom is -0.299 e. The van der Waals surface area contributed by atoms with Crippen LogP contribution in [-0.4, -0.2) is 17.3 Å². The molecule has 1 rings (SSSR count). The number of carbonyl (C=O) groups is 1. The summed E-state index contributed by atoms with van der Waals surface area (Å²) in [6.07, 6.45) is 4.78. The SMILES string of the molecule is CC(C)CSCC(=O)CC1CCC1. The van der Waals surface area contributed by atoms with Gasteiger partial charge < -0.3 is 0 Å². The lowest BCUT2D eigenvalue weighted by molar-refractivity contribution is -0.118. The van der Waals surface area contributed by atoms with Crippen LogP contribution >= 0.6 is 11.8 Å². The molecule has 76 valence electrons. The van der Waals surface area contributed by atoms with E-state index in [0.29, 0.717) is 11.7 Å². The molecule has 1 aliphatic rings. The minimum atomic E-state index is 0.468. The van der Waals surface area contributed by atoms with Crippen LogP contribution in [0.2, 0.25) is 0 Å². The Bertz CT molecular complexity index is 161. The summed E-state index contributed by atoms with van der Waals surface area (Å²) in [6, 6.07) is 0. The molecule has 0 spiro atoms. The fraction of sp³-hybridized carbons (Fsp3) is 0.909. The first kappa shape index (κ1) is 11.1. The van der Waals surface area contributed by atoms with Crippen LogP contribution in [0.3, 0.4) is 0 Å². The van der Waals surface area contributed by atoms with Crippen molar-refractivity contribution in [3.8, 4) is 0 Å². The molecule has 1 nitrogen and oxygen atoms in total. The second-order valence-electron chi connectivity index (χ2n) is 4.45. The molecule has 1 fully saturated rings. The Hall–Kier alpha value is 0.0200. The van der Waals surface area contributed by atoms with Gasteiger partial charge in [-0.3, -0.25) is 4.79 Å². The molecule has 0 aliphatic heterocycles. The molecule has 0 aromatic rings. The van der Waals surface area contributed by atoms with Crippen molar-refractivity contribution in [2.75, 3.05) is 11.5 Å². The second-order valence-corrected chi connectivity index (χ2v) is 5.48. The molecule has 0 bridgehead atoms. The maximum atomic E-state index is 11.4. The number of Topliss-reactive ketones (excluding diaryl/α,β-unsaturated/α-hetero) is 1. The topological polar surface area (TPSA) is 17.1 Å². The van der Waals surface area contributed by atoms with Crippen molar-refractivity contribution in [1.82, 2.24) is 0 Å². The minimum absolute atomic E-state index is 0.468. The van der Waals surface area contributed by atoms with Crippen molar-refractivity contribution >= 4 is 17.5 Å². The van der Waals surface area contributed by atoms with Gasteiger partial charge in [-0.2, -0.15) is 11.8 Å². The molecular formula is C11H20OS. The zero-order valence-corrected chi connectivity index (χ0v) is 9.53. The Labute approximate surface area is 85.7 Å². The monoisotopic (exact) mass is 200 g/mol. The van der Waals surface area contributed by atoms with Crippen LogP contribution in [0.25, 0.3) is 0 Å². The zero-order chi connectivity index (χ0) is 9.68. The van der Waals surface area contributed by atoms with Gasteiger partial charge in [-0.15, -0.1) is 0 Å². The summed E-state index contributed by atoms with van der Waals surface area (Å²) in [6.45, 7) is 4.40. The highest BCUT2D eigenvalue weighted by molar-refractivity contribution is 7.99. The normalized spacial score (nSPS) is 17.5. The predicted octanol–water partition coefficient (Wildman–Crippen LogP) is 3.13. The lowest BCUT2D eigenvalue weighted by Crippen LogP contribution is -2.17. The predicted molar refractivity (Wildman–Crippen MR) is 59.1 cm³/mol. The Morgan fingerprint density at radius 1 is 1.46 bits per heavy atom. The van der Waals surface area contributed by atoms with E-state index in [4.69, 9.17) is 0 Å². The van der Waals surface area contributed by atoms with Gasteiger partial charge in [0.1, 0.15) is 5.78 Å². The van der Waals surface area contributed by atoms with Crippen LogP contribution in [0.1, 0.15) is 39.5 Å². The van der Waals surface area contributed by atoms with Gasteiger partial charge in [0.2, 0.25) is 0 Å². The molecular weight excluding hydrogens is 180 g/mol. The first-order valence-corrected chi connectivity index (χ1v) is 6.43. The highest BCUT2D eigenvalue weighted by Gasteiger charge is 2.20. The third kappa shape index (κ3) is 4.70. The third-order valence-corrected chi connectivity index (χ3v) is 3.88. The quantitative estimate of drug-likeness (QED) is 0.655. The van der Waals surface area contributed by atoms with Crippen molar-refractivity contribution in [3.05, 3.63) is 0 Å². The summed E-state index contributed by atoms with van der Waals surface area (Å²) in [5, 5.41) is 0. The molecule has 1 aliphatic carbocycles. The van der Waals surface area contributed by atoms with Crippen molar-refractivity contribution in [3.63, 3.8) is 0 Å². The summed E-state index contributed by atoms with van der Waals surface area (Å²) in [7, 11) is 0. The largest absolute Gasteiger partial charge is 0.299 e. The number of carbonyl (C=O) groups excluding carboxylic acids is 1. The highest BCUT2D eigenvalue weighted by Crippen LogP contribution is 2.29. The summed E-state index contributed by atoms with van der Waals surface area (Å²) in [5.41, 5.74) is 0. The van der Waals surface area contributed by atoms with Crippen LogP contribution in [0, 0.1) is 11.8 Å². The first-order chi connectivity index (χ1) is 6.18. The molecule has 0 heterocycles. The van der Waals surface area contributed by atoms with Gasteiger partial charge in [-0.1, -0.05) is 33.1 Å². The molecule has 2 heteroatoms. The van der Waals surface area contributed by atoms with E-state index in [9.17, 15) is 4.79 Å². The molecule has 0 atom stereocenters. The fourth-order valence-electron chi connectivity index (χ4n) is 1.49. The Morgan fingerprint density at radius 2 is 2.15 bits per heavy atom. The lowest BCUT2D eigenvalue weighted by Gasteiger charge is -2.24. The molecule has 0 unspecified atom stereocenters. The summed E-state index contributed by atoms with van der Waals surface area (Å²) < 4.78 is 0. The second kappa shape index (κ2) is 5.69. The van der Waals surface area contributed by atoms with Crippen LogP contribution < -0.4 is 0 Å². The van der Waals surface area contributed by atoms with Gasteiger partial charge in [0.05, 0.1) is 5.75 Å². The molecule has 0 N–H and O–H groups in total. The van der Waals surface area contributed by atoms with Crippen LogP contribution in [0.5, 0.6) is 0 Å². The highest BCUT2D eigenvalue weighted by atomic mass is 32.2. The van der Waals surface area contributed by atoms with E-state index in [2.05, 4.69) is 13.8 Å². The zero-order valence-electron chi connectivity index (χ0n) is 8.71. The Kier molecular flexibility index (Phi) is 4.86. The standard InChI is InChI=1S/C11H20OS/c1-9(2)7-13-8-11(12)6-10-4-3-5-10/h9-10H,3-8H2,1-2H3. The summed E-state index contributed by atoms with van der Waals surface area (Å²) >= 11 is 1.80. The van der Waals surface area contributed by atoms with E-state index in [-0.39, 0.29) is 0 Å². The maximum Gasteiger partial charge on any atom is 0.143 e. The smallest absolute Gasteiger partial charge is 0.143 e. The van der Waals surface area contributed by atoms with Gasteiger partial charge in [0.25, 0.3) is 0 Å². The number of hydrogen-bond donors (Lipinski definition) is 0. The number of ketones is 1. The van der Waals surface area contributed by atoms with Crippen LogP contribution in [0.15, 0.2) is 0 Å². The van der Waals surface area contributed by atoms with Crippen LogP contribution in [-0.2, 0) is 4.79 Å². The van der Waals surface area contributed by atoms with Crippen LogP contribution in [0.4, 0.5) is 0 Å². The van der Waals surface area contributed by atoms with Gasteiger partial charge in [0.15, 0.2) is 0 Å². The van der Waals surface area contributed by atoms with E-state index >= 15 is 0 Å². The molecule has 0 radical (unpaired) electrons. The van der Waals surface area contributed by atoms with Crippen molar-refractivity contribution in [2.24, 2.45) is 11.8 Å². The first-order valence-electron chi connectivity index (χ1n) is 5.28. The third-order valence-electron chi connectivity index (χ3n) is 2.46. The average Bonchev–Trinajstić information content (AvgIpc) is 1.96. The maximum absolute atomic E-state index is 11.4. The summed E-state index contributed by atoms with van der Waals surface area (Å²) in [5.74, 6) is 3.79. The van der Waals surface area contributed by atoms with Gasteiger partial charge in [0, 0.05) is 6.42 Å². The molecule has 1 saturated carbocycles. The van der Waals surface area contributed by atoms with E-state index in [1.54, 1.807) is 11.8 Å². The molecule has 0 aromatic heterocycles. The van der Waals surface area contributed by atoms with Gasteiger partial charge in [-0.25, -0.2) is 0 Å². The molecule has 0 amide bonds. The van der Waals surface area contributed by atoms with Crippen molar-refractivity contribution < 1.29 is 4.79 Å². The fourth-order valence-corrected chi connectivity index (χ4v) is 2.42. The van der Waals surface area contributed by atoms with E-state index in [1.807, 2.05) is 0 Å². The lowest BCUT2D eigenvalue weighted by atomic mass is 9.82. The number of rotatable bonds is 6. The van der Waals surface area contributed by atoms with E-state index in [0.717, 1.165) is 23.8 Å². The summed E-state index contributed by atoms with van der Waals surface area (Å²) in [4.78, 5) is 11.4. The van der Waals surface area contributed by atoms with Gasteiger partial charge in [-0.05, 0) is 17.6 Å². The average molecular weight is 200 g/mol. The number of thioether (sulfide) groups is 1. The molecule has 0 aromatic carbocycles. The molecule has 13 heavy (non-hydrogen) atoms. The van der Waals surface area contributed by atoms with Gasteiger partial charge >= 0.3 is 0 Å². The van der Waals surface area contributed by atoms with E-state index in [1.165, 1.54) is 19.3 Å². The molecule has 0 saturated heterocycles. The van der Waals surface area contributed by atoms with E-state index < -0.39 is 0 Å². The van der Waals surface area contributed by atoms with Crippen molar-refractivity contribution in [2.45, 2.75) is 39.5 Å². The Morgan fingerprint density at radius 3 is 2.62 bits per heavy atom.